The zero-order chi connectivity index (χ0) is 10.6. The van der Waals surface area contributed by atoms with Crippen LogP contribution in [0.25, 0.3) is 0 Å². The van der Waals surface area contributed by atoms with Gasteiger partial charge in [0.15, 0.2) is 0 Å². The van der Waals surface area contributed by atoms with Gasteiger partial charge in [0.1, 0.15) is 5.75 Å². The van der Waals surface area contributed by atoms with Crippen molar-refractivity contribution in [2.24, 2.45) is 5.10 Å². The van der Waals surface area contributed by atoms with Crippen molar-refractivity contribution in [1.29, 1.82) is 0 Å². The lowest BCUT2D eigenvalue weighted by Gasteiger charge is -2.01. The summed E-state index contributed by atoms with van der Waals surface area (Å²) in [6, 6.07) is 6.69. The maximum Gasteiger partial charge on any atom is 0.236 e. The SMILES string of the molecule is CC(=O)NN=C(C)c1cccc(O)c1. The first kappa shape index (κ1) is 10.2. The maximum absolute atomic E-state index is 10.6. The smallest absolute Gasteiger partial charge is 0.236 e. The third-order valence-electron chi connectivity index (χ3n) is 1.64. The summed E-state index contributed by atoms with van der Waals surface area (Å²) in [7, 11) is 0. The predicted octanol–water partition coefficient (Wildman–Crippen LogP) is 1.25. The van der Waals surface area contributed by atoms with Crippen molar-refractivity contribution >= 4 is 11.6 Å². The molecule has 4 heteroatoms. The summed E-state index contributed by atoms with van der Waals surface area (Å²) in [5.41, 5.74) is 3.76. The van der Waals surface area contributed by atoms with Gasteiger partial charge in [-0.25, -0.2) is 5.43 Å². The number of phenols is 1. The zero-order valence-corrected chi connectivity index (χ0v) is 8.11. The number of aromatic hydroxyl groups is 1. The standard InChI is InChI=1S/C10H12N2O2/c1-7(11-12-8(2)13)9-4-3-5-10(14)6-9/h3-6,14H,1-2H3,(H,12,13). The van der Waals surface area contributed by atoms with E-state index in [4.69, 9.17) is 0 Å². The van der Waals surface area contributed by atoms with E-state index in [2.05, 4.69) is 10.5 Å². The van der Waals surface area contributed by atoms with Gasteiger partial charge in [0.25, 0.3) is 0 Å². The van der Waals surface area contributed by atoms with Crippen LogP contribution in [0.2, 0.25) is 0 Å². The van der Waals surface area contributed by atoms with Crippen molar-refractivity contribution in [3.05, 3.63) is 29.8 Å². The van der Waals surface area contributed by atoms with Crippen molar-refractivity contribution in [3.63, 3.8) is 0 Å². The summed E-state index contributed by atoms with van der Waals surface area (Å²) < 4.78 is 0. The normalized spacial score (nSPS) is 11.1. The molecular formula is C10H12N2O2. The number of carbonyl (C=O) groups is 1. The minimum Gasteiger partial charge on any atom is -0.508 e. The Morgan fingerprint density at radius 1 is 1.43 bits per heavy atom. The molecule has 0 heterocycles. The van der Waals surface area contributed by atoms with Gasteiger partial charge in [0.2, 0.25) is 5.91 Å². The molecule has 0 atom stereocenters. The number of benzene rings is 1. The summed E-state index contributed by atoms with van der Waals surface area (Å²) in [6.07, 6.45) is 0. The lowest BCUT2D eigenvalue weighted by atomic mass is 10.1. The number of amides is 1. The Hall–Kier alpha value is -1.84. The van der Waals surface area contributed by atoms with E-state index in [1.54, 1.807) is 31.2 Å². The number of carbonyl (C=O) groups excluding carboxylic acids is 1. The minimum absolute atomic E-state index is 0.180. The van der Waals surface area contributed by atoms with Crippen LogP contribution in [0, 0.1) is 0 Å². The second-order valence-corrected chi connectivity index (χ2v) is 2.92. The Morgan fingerprint density at radius 3 is 2.71 bits per heavy atom. The molecule has 0 spiro atoms. The van der Waals surface area contributed by atoms with E-state index in [1.165, 1.54) is 6.92 Å². The average molecular weight is 192 g/mol. The second kappa shape index (κ2) is 4.41. The van der Waals surface area contributed by atoms with E-state index in [1.807, 2.05) is 0 Å². The molecule has 0 aliphatic carbocycles. The molecular weight excluding hydrogens is 180 g/mol. The highest BCUT2D eigenvalue weighted by atomic mass is 16.3. The van der Waals surface area contributed by atoms with Gasteiger partial charge in [-0.15, -0.1) is 0 Å². The van der Waals surface area contributed by atoms with Crippen LogP contribution < -0.4 is 5.43 Å². The molecule has 1 rings (SSSR count). The molecule has 1 aromatic rings. The number of nitrogens with zero attached hydrogens (tertiary/aromatic N) is 1. The molecule has 2 N–H and O–H groups in total. The molecule has 0 unspecified atom stereocenters. The van der Waals surface area contributed by atoms with Crippen molar-refractivity contribution in [2.75, 3.05) is 0 Å². The van der Waals surface area contributed by atoms with Gasteiger partial charge in [-0.05, 0) is 19.1 Å². The molecule has 0 bridgehead atoms. The Balaban J connectivity index is 2.83. The first-order valence-electron chi connectivity index (χ1n) is 4.20. The number of nitrogens with one attached hydrogen (secondary N) is 1. The minimum atomic E-state index is -0.218. The largest absolute Gasteiger partial charge is 0.508 e. The molecule has 74 valence electrons. The van der Waals surface area contributed by atoms with Crippen LogP contribution in [0.5, 0.6) is 5.75 Å². The van der Waals surface area contributed by atoms with E-state index in [-0.39, 0.29) is 11.7 Å². The fraction of sp³-hybridized carbons (Fsp3) is 0.200. The van der Waals surface area contributed by atoms with E-state index < -0.39 is 0 Å². The summed E-state index contributed by atoms with van der Waals surface area (Å²) in [5.74, 6) is -0.0376. The van der Waals surface area contributed by atoms with Gasteiger partial charge < -0.3 is 5.11 Å². The van der Waals surface area contributed by atoms with Crippen LogP contribution in [-0.2, 0) is 4.79 Å². The Kier molecular flexibility index (Phi) is 3.23. The number of hydrogen-bond acceptors (Lipinski definition) is 3. The number of hydrazone groups is 1. The fourth-order valence-corrected chi connectivity index (χ4v) is 0.958. The molecule has 1 aromatic carbocycles. The Morgan fingerprint density at radius 2 is 2.14 bits per heavy atom. The monoisotopic (exact) mass is 192 g/mol. The van der Waals surface area contributed by atoms with E-state index in [0.717, 1.165) is 5.56 Å². The molecule has 0 saturated carbocycles. The van der Waals surface area contributed by atoms with Crippen LogP contribution in [0.15, 0.2) is 29.4 Å². The molecule has 0 aliphatic heterocycles. The second-order valence-electron chi connectivity index (χ2n) is 2.92. The number of phenolic OH excluding ortho intramolecular Hbond substituents is 1. The van der Waals surface area contributed by atoms with Crippen LogP contribution in [-0.4, -0.2) is 16.7 Å². The van der Waals surface area contributed by atoms with E-state index in [0.29, 0.717) is 5.71 Å². The Labute approximate surface area is 82.3 Å². The first-order valence-corrected chi connectivity index (χ1v) is 4.20. The lowest BCUT2D eigenvalue weighted by molar-refractivity contribution is -0.118. The van der Waals surface area contributed by atoms with Gasteiger partial charge in [0.05, 0.1) is 5.71 Å². The molecule has 0 saturated heterocycles. The highest BCUT2D eigenvalue weighted by molar-refractivity contribution is 5.99. The third kappa shape index (κ3) is 2.90. The molecule has 0 aliphatic rings. The van der Waals surface area contributed by atoms with Crippen molar-refractivity contribution < 1.29 is 9.90 Å². The topological polar surface area (TPSA) is 61.7 Å². The third-order valence-corrected chi connectivity index (χ3v) is 1.64. The fourth-order valence-electron chi connectivity index (χ4n) is 0.958. The van der Waals surface area contributed by atoms with Gasteiger partial charge in [0, 0.05) is 12.5 Å². The van der Waals surface area contributed by atoms with Crippen LogP contribution in [0.1, 0.15) is 19.4 Å². The van der Waals surface area contributed by atoms with Crippen LogP contribution >= 0.6 is 0 Å². The molecule has 0 aromatic heterocycles. The van der Waals surface area contributed by atoms with Gasteiger partial charge in [-0.1, -0.05) is 12.1 Å². The van der Waals surface area contributed by atoms with Crippen LogP contribution in [0.3, 0.4) is 0 Å². The lowest BCUT2D eigenvalue weighted by Crippen LogP contribution is -2.14. The van der Waals surface area contributed by atoms with Crippen molar-refractivity contribution in [2.45, 2.75) is 13.8 Å². The number of rotatable bonds is 2. The predicted molar refractivity (Wildman–Crippen MR) is 54.1 cm³/mol. The summed E-state index contributed by atoms with van der Waals surface area (Å²) in [6.45, 7) is 3.14. The first-order chi connectivity index (χ1) is 6.59. The average Bonchev–Trinajstić information content (AvgIpc) is 2.14. The van der Waals surface area contributed by atoms with Crippen molar-refractivity contribution in [3.8, 4) is 5.75 Å². The summed E-state index contributed by atoms with van der Waals surface area (Å²) in [5, 5.41) is 13.0. The maximum atomic E-state index is 10.6. The van der Waals surface area contributed by atoms with Gasteiger partial charge in [-0.2, -0.15) is 5.10 Å². The molecule has 4 nitrogen and oxygen atoms in total. The zero-order valence-electron chi connectivity index (χ0n) is 8.11. The van der Waals surface area contributed by atoms with Crippen molar-refractivity contribution in [1.82, 2.24) is 5.43 Å². The molecule has 0 radical (unpaired) electrons. The quantitative estimate of drug-likeness (QED) is 0.547. The highest BCUT2D eigenvalue weighted by Gasteiger charge is 1.98. The molecule has 14 heavy (non-hydrogen) atoms. The molecule has 1 amide bonds. The highest BCUT2D eigenvalue weighted by Crippen LogP contribution is 2.11. The van der Waals surface area contributed by atoms with E-state index >= 15 is 0 Å². The summed E-state index contributed by atoms with van der Waals surface area (Å²) >= 11 is 0. The van der Waals surface area contributed by atoms with E-state index in [9.17, 15) is 9.90 Å². The number of hydrogen-bond donors (Lipinski definition) is 2. The summed E-state index contributed by atoms with van der Waals surface area (Å²) in [4.78, 5) is 10.6. The molecule has 0 fully saturated rings. The van der Waals surface area contributed by atoms with Gasteiger partial charge >= 0.3 is 0 Å². The van der Waals surface area contributed by atoms with Gasteiger partial charge in [-0.3, -0.25) is 4.79 Å². The van der Waals surface area contributed by atoms with Crippen LogP contribution in [0.4, 0.5) is 0 Å². The Bertz CT molecular complexity index is 372.